The van der Waals surface area contributed by atoms with E-state index in [4.69, 9.17) is 11.6 Å². The van der Waals surface area contributed by atoms with Gasteiger partial charge in [0.05, 0.1) is 22.5 Å². The summed E-state index contributed by atoms with van der Waals surface area (Å²) in [6, 6.07) is 14.8. The highest BCUT2D eigenvalue weighted by Gasteiger charge is 2.15. The molecular weight excluding hydrogens is 352 g/mol. The molecule has 0 atom stereocenters. The van der Waals surface area contributed by atoms with Gasteiger partial charge < -0.3 is 0 Å². The summed E-state index contributed by atoms with van der Waals surface area (Å²) in [4.78, 5) is 12.5. The van der Waals surface area contributed by atoms with Crippen LogP contribution in [0.25, 0.3) is 5.69 Å². The Morgan fingerprint density at radius 1 is 1.14 bits per heavy atom. The van der Waals surface area contributed by atoms with Gasteiger partial charge in [-0.3, -0.25) is 4.79 Å². The van der Waals surface area contributed by atoms with E-state index in [0.29, 0.717) is 16.1 Å². The number of ketones is 1. The number of carbonyl (C=O) groups excluding carboxylic acids is 1. The summed E-state index contributed by atoms with van der Waals surface area (Å²) >= 11 is 9.44. The molecule has 5 heteroatoms. The minimum absolute atomic E-state index is 0.150. The zero-order chi connectivity index (χ0) is 14.8. The number of hydrogen-bond acceptors (Lipinski definition) is 2. The maximum atomic E-state index is 12.5. The molecule has 3 nitrogen and oxygen atoms in total. The van der Waals surface area contributed by atoms with Crippen molar-refractivity contribution >= 4 is 33.3 Å². The average Bonchev–Trinajstić information content (AvgIpc) is 3.00. The lowest BCUT2D eigenvalue weighted by molar-refractivity contribution is 0.103. The van der Waals surface area contributed by atoms with Crippen LogP contribution in [0.15, 0.2) is 65.4 Å². The maximum absolute atomic E-state index is 12.5. The number of hydrogen-bond donors (Lipinski definition) is 0. The second kappa shape index (κ2) is 5.84. The van der Waals surface area contributed by atoms with E-state index in [-0.39, 0.29) is 5.78 Å². The topological polar surface area (TPSA) is 34.9 Å². The smallest absolute Gasteiger partial charge is 0.197 e. The fourth-order valence-electron chi connectivity index (χ4n) is 1.99. The highest BCUT2D eigenvalue weighted by molar-refractivity contribution is 9.10. The van der Waals surface area contributed by atoms with Crippen LogP contribution in [0, 0.1) is 0 Å². The van der Waals surface area contributed by atoms with Crippen molar-refractivity contribution in [1.29, 1.82) is 0 Å². The first-order valence-electron chi connectivity index (χ1n) is 6.25. The van der Waals surface area contributed by atoms with Crippen LogP contribution in [0.2, 0.25) is 5.02 Å². The number of aromatic nitrogens is 2. The summed E-state index contributed by atoms with van der Waals surface area (Å²) in [5.74, 6) is -0.150. The zero-order valence-corrected chi connectivity index (χ0v) is 13.2. The van der Waals surface area contributed by atoms with E-state index in [1.54, 1.807) is 35.3 Å². The van der Waals surface area contributed by atoms with Crippen molar-refractivity contribution in [2.45, 2.75) is 0 Å². The van der Waals surface area contributed by atoms with Gasteiger partial charge in [-0.25, -0.2) is 4.68 Å². The monoisotopic (exact) mass is 360 g/mol. The van der Waals surface area contributed by atoms with Crippen molar-refractivity contribution in [3.63, 3.8) is 0 Å². The average molecular weight is 362 g/mol. The Kier molecular flexibility index (Phi) is 3.90. The first-order valence-corrected chi connectivity index (χ1v) is 7.42. The van der Waals surface area contributed by atoms with Crippen LogP contribution in [0.3, 0.4) is 0 Å². The van der Waals surface area contributed by atoms with Crippen LogP contribution in [0.5, 0.6) is 0 Å². The second-order valence-corrected chi connectivity index (χ2v) is 5.79. The van der Waals surface area contributed by atoms with Gasteiger partial charge in [-0.15, -0.1) is 0 Å². The third kappa shape index (κ3) is 2.91. The van der Waals surface area contributed by atoms with Crippen LogP contribution >= 0.6 is 27.5 Å². The Balaban J connectivity index is 1.96. The summed E-state index contributed by atoms with van der Waals surface area (Å²) in [5.41, 5.74) is 1.86. The highest BCUT2D eigenvalue weighted by atomic mass is 79.9. The molecule has 0 bridgehead atoms. The molecule has 3 rings (SSSR count). The lowest BCUT2D eigenvalue weighted by Crippen LogP contribution is -2.01. The Morgan fingerprint density at radius 3 is 2.67 bits per heavy atom. The number of rotatable bonds is 3. The van der Waals surface area contributed by atoms with Crippen molar-refractivity contribution in [2.75, 3.05) is 0 Å². The van der Waals surface area contributed by atoms with E-state index >= 15 is 0 Å². The SMILES string of the molecule is O=C(c1cnn(-c2ccccc2)c1)c1cc(Br)ccc1Cl. The standard InChI is InChI=1S/C16H10BrClN2O/c17-12-6-7-15(18)14(8-12)16(21)11-9-19-20(10-11)13-4-2-1-3-5-13/h1-10H. The van der Waals surface area contributed by atoms with Crippen LogP contribution in [0.1, 0.15) is 15.9 Å². The molecule has 0 unspecified atom stereocenters. The predicted molar refractivity (Wildman–Crippen MR) is 86.1 cm³/mol. The first kappa shape index (κ1) is 14.0. The van der Waals surface area contributed by atoms with Crippen molar-refractivity contribution in [1.82, 2.24) is 9.78 Å². The molecule has 0 saturated carbocycles. The van der Waals surface area contributed by atoms with Gasteiger partial charge >= 0.3 is 0 Å². The molecule has 0 amide bonds. The van der Waals surface area contributed by atoms with Gasteiger partial charge in [0.25, 0.3) is 0 Å². The molecule has 1 aromatic heterocycles. The summed E-state index contributed by atoms with van der Waals surface area (Å²) in [7, 11) is 0. The van der Waals surface area contributed by atoms with Gasteiger partial charge in [-0.2, -0.15) is 5.10 Å². The van der Waals surface area contributed by atoms with Crippen molar-refractivity contribution in [3.8, 4) is 5.69 Å². The molecule has 0 spiro atoms. The maximum Gasteiger partial charge on any atom is 0.197 e. The number of halogens is 2. The molecule has 0 aliphatic carbocycles. The molecule has 0 fully saturated rings. The normalized spacial score (nSPS) is 10.6. The van der Waals surface area contributed by atoms with Crippen LogP contribution in [-0.2, 0) is 0 Å². The van der Waals surface area contributed by atoms with Crippen molar-refractivity contribution in [2.24, 2.45) is 0 Å². The molecule has 2 aromatic carbocycles. The lowest BCUT2D eigenvalue weighted by Gasteiger charge is -2.02. The Bertz CT molecular complexity index is 799. The molecule has 0 saturated heterocycles. The van der Waals surface area contributed by atoms with Crippen molar-refractivity contribution in [3.05, 3.63) is 81.5 Å². The molecular formula is C16H10BrClN2O. The molecule has 3 aromatic rings. The number of para-hydroxylation sites is 1. The lowest BCUT2D eigenvalue weighted by atomic mass is 10.1. The van der Waals surface area contributed by atoms with E-state index < -0.39 is 0 Å². The van der Waals surface area contributed by atoms with Crippen LogP contribution in [0.4, 0.5) is 0 Å². The fourth-order valence-corrected chi connectivity index (χ4v) is 2.55. The summed E-state index contributed by atoms with van der Waals surface area (Å²) in [6.45, 7) is 0. The molecule has 21 heavy (non-hydrogen) atoms. The van der Waals surface area contributed by atoms with Gasteiger partial charge in [0, 0.05) is 16.2 Å². The Labute approximate surface area is 135 Å². The summed E-state index contributed by atoms with van der Waals surface area (Å²) in [6.07, 6.45) is 3.25. The number of carbonyl (C=O) groups is 1. The van der Waals surface area contributed by atoms with Gasteiger partial charge in [0.2, 0.25) is 0 Å². The third-order valence-corrected chi connectivity index (χ3v) is 3.86. The van der Waals surface area contributed by atoms with Gasteiger partial charge in [-0.05, 0) is 30.3 Å². The molecule has 1 heterocycles. The largest absolute Gasteiger partial charge is 0.288 e. The quantitative estimate of drug-likeness (QED) is 0.643. The van der Waals surface area contributed by atoms with Crippen LogP contribution < -0.4 is 0 Å². The zero-order valence-electron chi connectivity index (χ0n) is 10.8. The molecule has 104 valence electrons. The minimum Gasteiger partial charge on any atom is -0.288 e. The molecule has 0 aliphatic rings. The second-order valence-electron chi connectivity index (χ2n) is 4.46. The predicted octanol–water partition coefficient (Wildman–Crippen LogP) is 4.52. The highest BCUT2D eigenvalue weighted by Crippen LogP contribution is 2.23. The summed E-state index contributed by atoms with van der Waals surface area (Å²) in [5, 5.41) is 4.65. The third-order valence-electron chi connectivity index (χ3n) is 3.04. The first-order chi connectivity index (χ1) is 10.1. The Hall–Kier alpha value is -1.91. The van der Waals surface area contributed by atoms with E-state index in [1.807, 2.05) is 30.3 Å². The van der Waals surface area contributed by atoms with Crippen molar-refractivity contribution < 1.29 is 4.79 Å². The molecule has 0 aliphatic heterocycles. The van der Waals surface area contributed by atoms with Gasteiger partial charge in [-0.1, -0.05) is 45.7 Å². The van der Waals surface area contributed by atoms with E-state index in [1.165, 1.54) is 0 Å². The summed E-state index contributed by atoms with van der Waals surface area (Å²) < 4.78 is 2.48. The number of benzene rings is 2. The minimum atomic E-state index is -0.150. The van der Waals surface area contributed by atoms with Gasteiger partial charge in [0.15, 0.2) is 5.78 Å². The van der Waals surface area contributed by atoms with Crippen LogP contribution in [-0.4, -0.2) is 15.6 Å². The van der Waals surface area contributed by atoms with E-state index in [2.05, 4.69) is 21.0 Å². The number of nitrogens with zero attached hydrogens (tertiary/aromatic N) is 2. The van der Waals surface area contributed by atoms with E-state index in [9.17, 15) is 4.79 Å². The molecule has 0 N–H and O–H groups in total. The fraction of sp³-hybridized carbons (Fsp3) is 0. The Morgan fingerprint density at radius 2 is 1.90 bits per heavy atom. The molecule has 0 radical (unpaired) electrons. The van der Waals surface area contributed by atoms with E-state index in [0.717, 1.165) is 10.2 Å². The van der Waals surface area contributed by atoms with Gasteiger partial charge in [0.1, 0.15) is 0 Å².